The van der Waals surface area contributed by atoms with Crippen molar-refractivity contribution in [1.29, 1.82) is 0 Å². The van der Waals surface area contributed by atoms with Gasteiger partial charge in [-0.15, -0.1) is 0 Å². The van der Waals surface area contributed by atoms with Crippen molar-refractivity contribution in [3.05, 3.63) is 45.4 Å². The summed E-state index contributed by atoms with van der Waals surface area (Å²) in [5.74, 6) is 2.94. The molecule has 1 aliphatic rings. The molecule has 0 saturated heterocycles. The monoisotopic (exact) mass is 433 g/mol. The van der Waals surface area contributed by atoms with Gasteiger partial charge in [-0.1, -0.05) is 15.9 Å². The maximum atomic E-state index is 5.47. The van der Waals surface area contributed by atoms with Gasteiger partial charge in [0.1, 0.15) is 0 Å². The van der Waals surface area contributed by atoms with E-state index in [4.69, 9.17) is 23.9 Å². The minimum atomic E-state index is 0.713. The van der Waals surface area contributed by atoms with Gasteiger partial charge in [-0.05, 0) is 54.7 Å². The van der Waals surface area contributed by atoms with E-state index in [1.165, 1.54) is 5.56 Å². The topological polar surface area (TPSA) is 49.3 Å². The summed E-state index contributed by atoms with van der Waals surface area (Å²) in [6.45, 7) is 0.797. The van der Waals surface area contributed by atoms with Gasteiger partial charge >= 0.3 is 0 Å². The lowest BCUT2D eigenvalue weighted by atomic mass is 9.93. The standard InChI is InChI=1S/C21H24BrNO4/c1-24-18-9-13-7-8-23-17(15(13)11-20(18)26-3)6-5-14-10-19(25-2)21(27-4)12-16(14)22/h9-12H,5-8H2,1-4H3. The van der Waals surface area contributed by atoms with Crippen LogP contribution in [0.25, 0.3) is 0 Å². The van der Waals surface area contributed by atoms with Crippen LogP contribution in [-0.4, -0.2) is 40.7 Å². The molecule has 2 aromatic carbocycles. The van der Waals surface area contributed by atoms with Crippen molar-refractivity contribution in [2.24, 2.45) is 4.99 Å². The van der Waals surface area contributed by atoms with Crippen LogP contribution in [0, 0.1) is 0 Å². The van der Waals surface area contributed by atoms with Crippen molar-refractivity contribution >= 4 is 21.6 Å². The second kappa shape index (κ2) is 8.65. The highest BCUT2D eigenvalue weighted by Crippen LogP contribution is 2.35. The summed E-state index contributed by atoms with van der Waals surface area (Å²) < 4.78 is 22.7. The van der Waals surface area contributed by atoms with E-state index in [2.05, 4.69) is 22.0 Å². The second-order valence-corrected chi connectivity index (χ2v) is 7.10. The van der Waals surface area contributed by atoms with Gasteiger partial charge in [0.05, 0.1) is 28.4 Å². The number of methoxy groups -OCH3 is 4. The van der Waals surface area contributed by atoms with Crippen LogP contribution < -0.4 is 18.9 Å². The van der Waals surface area contributed by atoms with Crippen LogP contribution in [0.2, 0.25) is 0 Å². The lowest BCUT2D eigenvalue weighted by Gasteiger charge is -2.20. The van der Waals surface area contributed by atoms with E-state index in [0.717, 1.165) is 64.4 Å². The number of halogens is 1. The number of aryl methyl sites for hydroxylation is 1. The van der Waals surface area contributed by atoms with Crippen molar-refractivity contribution in [2.45, 2.75) is 19.3 Å². The first-order chi connectivity index (χ1) is 13.1. The molecule has 1 aliphatic heterocycles. The van der Waals surface area contributed by atoms with Crippen LogP contribution in [0.4, 0.5) is 0 Å². The summed E-state index contributed by atoms with van der Waals surface area (Å²) in [6, 6.07) is 8.06. The third-order valence-electron chi connectivity index (χ3n) is 4.79. The molecule has 0 atom stereocenters. The Morgan fingerprint density at radius 1 is 0.815 bits per heavy atom. The highest BCUT2D eigenvalue weighted by Gasteiger charge is 2.19. The molecule has 3 rings (SSSR count). The lowest BCUT2D eigenvalue weighted by Crippen LogP contribution is -2.14. The Balaban J connectivity index is 1.85. The highest BCUT2D eigenvalue weighted by molar-refractivity contribution is 9.10. The molecule has 2 aromatic rings. The summed E-state index contributed by atoms with van der Waals surface area (Å²) in [5.41, 5.74) is 4.65. The number of ether oxygens (including phenoxy) is 4. The summed E-state index contributed by atoms with van der Waals surface area (Å²) in [6.07, 6.45) is 2.59. The molecular formula is C21H24BrNO4. The largest absolute Gasteiger partial charge is 0.493 e. The Hall–Kier alpha value is -2.21. The highest BCUT2D eigenvalue weighted by atomic mass is 79.9. The summed E-state index contributed by atoms with van der Waals surface area (Å²) in [5, 5.41) is 0. The van der Waals surface area contributed by atoms with Crippen molar-refractivity contribution in [1.82, 2.24) is 0 Å². The van der Waals surface area contributed by atoms with E-state index in [9.17, 15) is 0 Å². The summed E-state index contributed by atoms with van der Waals surface area (Å²) in [7, 11) is 6.61. The quantitative estimate of drug-likeness (QED) is 0.646. The smallest absolute Gasteiger partial charge is 0.161 e. The molecule has 27 heavy (non-hydrogen) atoms. The van der Waals surface area contributed by atoms with Crippen LogP contribution in [0.15, 0.2) is 33.7 Å². The van der Waals surface area contributed by atoms with E-state index in [1.807, 2.05) is 18.2 Å². The molecule has 6 heteroatoms. The number of benzene rings is 2. The van der Waals surface area contributed by atoms with E-state index in [-0.39, 0.29) is 0 Å². The Morgan fingerprint density at radius 3 is 2.07 bits per heavy atom. The van der Waals surface area contributed by atoms with Gasteiger partial charge in [0, 0.05) is 22.3 Å². The van der Waals surface area contributed by atoms with Gasteiger partial charge in [-0.25, -0.2) is 0 Å². The predicted molar refractivity (Wildman–Crippen MR) is 110 cm³/mol. The van der Waals surface area contributed by atoms with Gasteiger partial charge in [-0.2, -0.15) is 0 Å². The summed E-state index contributed by atoms with van der Waals surface area (Å²) >= 11 is 3.64. The molecule has 0 amide bonds. The number of fused-ring (bicyclic) bond motifs is 1. The SMILES string of the molecule is COc1cc(Br)c(CCC2=NCCc3cc(OC)c(OC)cc32)cc1OC. The Bertz CT molecular complexity index is 864. The van der Waals surface area contributed by atoms with Gasteiger partial charge in [0.15, 0.2) is 23.0 Å². The lowest BCUT2D eigenvalue weighted by molar-refractivity contribution is 0.354. The third kappa shape index (κ3) is 4.05. The Labute approximate surface area is 168 Å². The molecule has 5 nitrogen and oxygen atoms in total. The Kier molecular flexibility index (Phi) is 6.26. The molecule has 0 N–H and O–H groups in total. The van der Waals surface area contributed by atoms with Crippen molar-refractivity contribution < 1.29 is 18.9 Å². The molecule has 0 radical (unpaired) electrons. The van der Waals surface area contributed by atoms with Crippen molar-refractivity contribution in [3.63, 3.8) is 0 Å². The maximum Gasteiger partial charge on any atom is 0.161 e. The van der Waals surface area contributed by atoms with Gasteiger partial charge in [0.25, 0.3) is 0 Å². The molecule has 0 unspecified atom stereocenters. The molecule has 0 fully saturated rings. The molecule has 144 valence electrons. The summed E-state index contributed by atoms with van der Waals surface area (Å²) in [4.78, 5) is 4.77. The van der Waals surface area contributed by atoms with Crippen LogP contribution >= 0.6 is 15.9 Å². The maximum absolute atomic E-state index is 5.47. The first kappa shape index (κ1) is 19.5. The first-order valence-corrected chi connectivity index (χ1v) is 9.59. The fourth-order valence-corrected chi connectivity index (χ4v) is 3.87. The minimum Gasteiger partial charge on any atom is -0.493 e. The first-order valence-electron chi connectivity index (χ1n) is 8.80. The average molecular weight is 434 g/mol. The number of hydrogen-bond acceptors (Lipinski definition) is 5. The van der Waals surface area contributed by atoms with Gasteiger partial charge < -0.3 is 18.9 Å². The van der Waals surface area contributed by atoms with Crippen LogP contribution in [0.5, 0.6) is 23.0 Å². The van der Waals surface area contributed by atoms with Crippen molar-refractivity contribution in [2.75, 3.05) is 35.0 Å². The molecule has 1 heterocycles. The molecule has 0 saturated carbocycles. The number of nitrogens with zero attached hydrogens (tertiary/aromatic N) is 1. The fraction of sp³-hybridized carbons (Fsp3) is 0.381. The van der Waals surface area contributed by atoms with Crippen LogP contribution in [0.1, 0.15) is 23.1 Å². The van der Waals surface area contributed by atoms with Gasteiger partial charge in [-0.3, -0.25) is 4.99 Å². The average Bonchev–Trinajstić information content (AvgIpc) is 2.71. The fourth-order valence-electron chi connectivity index (χ4n) is 3.35. The molecular weight excluding hydrogens is 410 g/mol. The van der Waals surface area contributed by atoms with E-state index < -0.39 is 0 Å². The molecule has 0 aromatic heterocycles. The van der Waals surface area contributed by atoms with E-state index in [0.29, 0.717) is 5.75 Å². The number of rotatable bonds is 7. The van der Waals surface area contributed by atoms with Crippen molar-refractivity contribution in [3.8, 4) is 23.0 Å². The molecule has 0 spiro atoms. The van der Waals surface area contributed by atoms with E-state index >= 15 is 0 Å². The second-order valence-electron chi connectivity index (χ2n) is 6.24. The van der Waals surface area contributed by atoms with Crippen LogP contribution in [0.3, 0.4) is 0 Å². The normalized spacial score (nSPS) is 12.9. The number of hydrogen-bond donors (Lipinski definition) is 0. The zero-order valence-corrected chi connectivity index (χ0v) is 17.7. The predicted octanol–water partition coefficient (Wildman–Crippen LogP) is 4.46. The minimum absolute atomic E-state index is 0.713. The number of aliphatic imine (C=N–C) groups is 1. The van der Waals surface area contributed by atoms with Crippen LogP contribution in [-0.2, 0) is 12.8 Å². The van der Waals surface area contributed by atoms with E-state index in [1.54, 1.807) is 28.4 Å². The zero-order chi connectivity index (χ0) is 19.4. The third-order valence-corrected chi connectivity index (χ3v) is 5.53. The van der Waals surface area contributed by atoms with Gasteiger partial charge in [0.2, 0.25) is 0 Å². The Morgan fingerprint density at radius 2 is 1.41 bits per heavy atom. The molecule has 0 bridgehead atoms. The zero-order valence-electron chi connectivity index (χ0n) is 16.1. The molecule has 0 aliphatic carbocycles.